The second-order valence-electron chi connectivity index (χ2n) is 5.17. The number of carbonyl (C=O) groups is 2. The third-order valence-electron chi connectivity index (χ3n) is 3.72. The highest BCUT2D eigenvalue weighted by molar-refractivity contribution is 6.18. The van der Waals surface area contributed by atoms with Crippen LogP contribution < -0.4 is 0 Å². The van der Waals surface area contributed by atoms with Crippen molar-refractivity contribution >= 4 is 17.4 Å². The van der Waals surface area contributed by atoms with Gasteiger partial charge in [0.2, 0.25) is 0 Å². The van der Waals surface area contributed by atoms with E-state index in [1.54, 1.807) is 11.0 Å². The highest BCUT2D eigenvalue weighted by atomic mass is 16.4. The minimum Gasteiger partial charge on any atom is -0.478 e. The molecule has 1 aliphatic heterocycles. The maximum absolute atomic E-state index is 12.4. The fraction of sp³-hybridized carbons (Fsp3) is 0.294. The molecule has 0 saturated carbocycles. The summed E-state index contributed by atoms with van der Waals surface area (Å²) < 4.78 is 0. The Hall–Kier alpha value is -2.36. The maximum Gasteiger partial charge on any atom is 0.327 e. The lowest BCUT2D eigenvalue weighted by Gasteiger charge is -2.31. The molecule has 0 spiro atoms. The molecule has 0 aromatic heterocycles. The van der Waals surface area contributed by atoms with Crippen LogP contribution in [-0.4, -0.2) is 35.0 Å². The first-order valence-electron chi connectivity index (χ1n) is 7.02. The van der Waals surface area contributed by atoms with Gasteiger partial charge in [0.25, 0.3) is 5.91 Å². The Morgan fingerprint density at radius 1 is 1.19 bits per heavy atom. The van der Waals surface area contributed by atoms with Gasteiger partial charge in [-0.25, -0.2) is 4.79 Å². The van der Waals surface area contributed by atoms with E-state index in [1.807, 2.05) is 30.3 Å². The Morgan fingerprint density at radius 2 is 1.81 bits per heavy atom. The van der Waals surface area contributed by atoms with E-state index in [0.29, 0.717) is 18.7 Å². The summed E-state index contributed by atoms with van der Waals surface area (Å²) in [7, 11) is 0. The average molecular weight is 285 g/mol. The van der Waals surface area contributed by atoms with Crippen LogP contribution in [0.5, 0.6) is 0 Å². The van der Waals surface area contributed by atoms with E-state index >= 15 is 0 Å². The normalized spacial score (nSPS) is 16.1. The summed E-state index contributed by atoms with van der Waals surface area (Å²) in [6.07, 6.45) is 4.48. The fourth-order valence-corrected chi connectivity index (χ4v) is 2.47. The van der Waals surface area contributed by atoms with Crippen LogP contribution in [0.25, 0.3) is 5.57 Å². The van der Waals surface area contributed by atoms with Gasteiger partial charge >= 0.3 is 5.97 Å². The van der Waals surface area contributed by atoms with Crippen LogP contribution in [0.2, 0.25) is 0 Å². The van der Waals surface area contributed by atoms with Gasteiger partial charge < -0.3 is 10.0 Å². The first kappa shape index (κ1) is 15.0. The predicted molar refractivity (Wildman–Crippen MR) is 81.6 cm³/mol. The number of carboxylic acid groups (broad SMARTS) is 1. The highest BCUT2D eigenvalue weighted by Crippen LogP contribution is 2.22. The largest absolute Gasteiger partial charge is 0.478 e. The lowest BCUT2D eigenvalue weighted by Crippen LogP contribution is -2.38. The Kier molecular flexibility index (Phi) is 4.93. The lowest BCUT2D eigenvalue weighted by atomic mass is 9.95. The molecule has 1 fully saturated rings. The molecule has 0 radical (unpaired) electrons. The van der Waals surface area contributed by atoms with Crippen LogP contribution in [0.1, 0.15) is 18.4 Å². The lowest BCUT2D eigenvalue weighted by molar-refractivity contribution is -0.131. The van der Waals surface area contributed by atoms with Crippen molar-refractivity contribution < 1.29 is 14.7 Å². The van der Waals surface area contributed by atoms with Crippen molar-refractivity contribution in [1.29, 1.82) is 0 Å². The van der Waals surface area contributed by atoms with E-state index in [9.17, 15) is 9.59 Å². The summed E-state index contributed by atoms with van der Waals surface area (Å²) in [5, 5.41) is 8.62. The molecule has 1 amide bonds. The monoisotopic (exact) mass is 285 g/mol. The van der Waals surface area contributed by atoms with Crippen molar-refractivity contribution in [2.45, 2.75) is 12.8 Å². The summed E-state index contributed by atoms with van der Waals surface area (Å²) in [5.41, 5.74) is 1.35. The summed E-state index contributed by atoms with van der Waals surface area (Å²) in [6, 6.07) is 9.43. The van der Waals surface area contributed by atoms with E-state index in [1.165, 1.54) is 6.08 Å². The molecule has 21 heavy (non-hydrogen) atoms. The number of hydrogen-bond acceptors (Lipinski definition) is 2. The van der Waals surface area contributed by atoms with Gasteiger partial charge in [-0.05, 0) is 24.3 Å². The van der Waals surface area contributed by atoms with E-state index in [4.69, 9.17) is 5.11 Å². The fourth-order valence-electron chi connectivity index (χ4n) is 2.47. The molecule has 1 aromatic rings. The molecule has 0 unspecified atom stereocenters. The molecule has 4 heteroatoms. The number of allylic oxidation sites excluding steroid dienone is 1. The number of carboxylic acids is 1. The zero-order valence-corrected chi connectivity index (χ0v) is 11.9. The Bertz CT molecular complexity index is 555. The summed E-state index contributed by atoms with van der Waals surface area (Å²) in [5.74, 6) is -0.733. The van der Waals surface area contributed by atoms with Crippen LogP contribution >= 0.6 is 0 Å². The number of likely N-dealkylation sites (tertiary alicyclic amines) is 1. The molecule has 110 valence electrons. The molecule has 0 bridgehead atoms. The van der Waals surface area contributed by atoms with E-state index in [2.05, 4.69) is 6.58 Å². The predicted octanol–water partition coefficient (Wildman–Crippen LogP) is 2.58. The zero-order valence-electron chi connectivity index (χ0n) is 11.9. The summed E-state index contributed by atoms with van der Waals surface area (Å²) >= 11 is 0. The van der Waals surface area contributed by atoms with E-state index in [-0.39, 0.29) is 11.8 Å². The van der Waals surface area contributed by atoms with Gasteiger partial charge in [0.15, 0.2) is 0 Å². The quantitative estimate of drug-likeness (QED) is 0.865. The number of piperidine rings is 1. The number of aliphatic carboxylic acids is 1. The third-order valence-corrected chi connectivity index (χ3v) is 3.72. The van der Waals surface area contributed by atoms with Crippen molar-refractivity contribution in [2.24, 2.45) is 5.92 Å². The van der Waals surface area contributed by atoms with E-state index < -0.39 is 5.97 Å². The van der Waals surface area contributed by atoms with Crippen molar-refractivity contribution in [3.63, 3.8) is 0 Å². The van der Waals surface area contributed by atoms with Gasteiger partial charge in [0, 0.05) is 24.7 Å². The van der Waals surface area contributed by atoms with Crippen LogP contribution in [0.3, 0.4) is 0 Å². The molecular weight excluding hydrogens is 266 g/mol. The molecule has 2 rings (SSSR count). The number of benzene rings is 1. The number of amides is 1. The van der Waals surface area contributed by atoms with Crippen LogP contribution in [0, 0.1) is 5.92 Å². The second kappa shape index (κ2) is 6.88. The number of hydrogen-bond donors (Lipinski definition) is 1. The van der Waals surface area contributed by atoms with Crippen LogP contribution in [0.15, 0.2) is 49.1 Å². The average Bonchev–Trinajstić information content (AvgIpc) is 2.53. The van der Waals surface area contributed by atoms with Gasteiger partial charge in [-0.2, -0.15) is 0 Å². The number of nitrogens with zero attached hydrogens (tertiary/aromatic N) is 1. The number of carbonyl (C=O) groups excluding carboxylic acids is 1. The molecule has 4 nitrogen and oxygen atoms in total. The summed E-state index contributed by atoms with van der Waals surface area (Å²) in [4.78, 5) is 24.7. The molecule has 1 saturated heterocycles. The first-order valence-corrected chi connectivity index (χ1v) is 7.02. The topological polar surface area (TPSA) is 57.6 Å². The van der Waals surface area contributed by atoms with Crippen molar-refractivity contribution in [3.8, 4) is 0 Å². The molecule has 0 atom stereocenters. The van der Waals surface area contributed by atoms with Gasteiger partial charge in [-0.15, -0.1) is 0 Å². The Labute approximate surface area is 124 Å². The summed E-state index contributed by atoms with van der Waals surface area (Å²) in [6.45, 7) is 5.17. The molecule has 1 N–H and O–H groups in total. The standard InChI is InChI=1S/C17H19NO3/c1-13(15-5-3-2-4-6-15)17(21)18-11-9-14(10-12-18)7-8-16(19)20/h2-8,14H,1,9-12H2,(H,19,20)/b8-7+. The van der Waals surface area contributed by atoms with Crippen LogP contribution in [0.4, 0.5) is 0 Å². The zero-order chi connectivity index (χ0) is 15.2. The smallest absolute Gasteiger partial charge is 0.327 e. The Morgan fingerprint density at radius 3 is 2.38 bits per heavy atom. The van der Waals surface area contributed by atoms with Crippen molar-refractivity contribution in [2.75, 3.05) is 13.1 Å². The van der Waals surface area contributed by atoms with Crippen molar-refractivity contribution in [3.05, 3.63) is 54.6 Å². The maximum atomic E-state index is 12.4. The molecule has 1 heterocycles. The molecule has 1 aromatic carbocycles. The highest BCUT2D eigenvalue weighted by Gasteiger charge is 2.23. The van der Waals surface area contributed by atoms with Gasteiger partial charge in [-0.1, -0.05) is 43.0 Å². The Balaban J connectivity index is 1.91. The van der Waals surface area contributed by atoms with Gasteiger partial charge in [0.05, 0.1) is 0 Å². The van der Waals surface area contributed by atoms with Gasteiger partial charge in [-0.3, -0.25) is 4.79 Å². The van der Waals surface area contributed by atoms with Crippen LogP contribution in [-0.2, 0) is 9.59 Å². The molecule has 1 aliphatic rings. The molecule has 0 aliphatic carbocycles. The first-order chi connectivity index (χ1) is 10.1. The second-order valence-corrected chi connectivity index (χ2v) is 5.17. The SMILES string of the molecule is C=C(C(=O)N1CCC(/C=C/C(=O)O)CC1)c1ccccc1. The minimum absolute atomic E-state index is 0.0399. The third kappa shape index (κ3) is 4.05. The van der Waals surface area contributed by atoms with Crippen molar-refractivity contribution in [1.82, 2.24) is 4.90 Å². The van der Waals surface area contributed by atoms with Gasteiger partial charge in [0.1, 0.15) is 0 Å². The van der Waals surface area contributed by atoms with E-state index in [0.717, 1.165) is 18.4 Å². The minimum atomic E-state index is -0.925. The number of rotatable bonds is 4. The molecular formula is C17H19NO3.